The number of rotatable bonds is 4. The number of hydrogen-bond acceptors (Lipinski definition) is 3. The Kier molecular flexibility index (Phi) is 4.93. The highest BCUT2D eigenvalue weighted by Gasteiger charge is 2.24. The van der Waals surface area contributed by atoms with Crippen molar-refractivity contribution < 1.29 is 0 Å². The molecule has 3 nitrogen and oxygen atoms in total. The fraction of sp³-hybridized carbons (Fsp3) is 0.455. The molecule has 0 radical (unpaired) electrons. The van der Waals surface area contributed by atoms with E-state index in [0.29, 0.717) is 0 Å². The maximum Gasteiger partial charge on any atom is 0.0649 e. The van der Waals surface area contributed by atoms with E-state index >= 15 is 0 Å². The third-order valence-electron chi connectivity index (χ3n) is 5.77. The minimum Gasteiger partial charge on any atom is -0.367 e. The number of nitrogens with zero attached hydrogens (tertiary/aromatic N) is 3. The average molecular weight is 335 g/mol. The van der Waals surface area contributed by atoms with Crippen molar-refractivity contribution in [2.24, 2.45) is 0 Å². The molecular weight excluding hydrogens is 306 g/mol. The molecule has 3 heteroatoms. The largest absolute Gasteiger partial charge is 0.367 e. The first-order chi connectivity index (χ1) is 12.3. The SMILES string of the molecule is C[C@H]1CCCCN1CCN1CCN(c2ccccc2)c2ccccc21. The van der Waals surface area contributed by atoms with E-state index in [1.165, 1.54) is 49.4 Å². The fourth-order valence-electron chi connectivity index (χ4n) is 4.27. The lowest BCUT2D eigenvalue weighted by Gasteiger charge is -2.41. The Hall–Kier alpha value is -2.00. The molecule has 0 unspecified atom stereocenters. The normalized spacial score (nSPS) is 21.2. The molecule has 2 aliphatic rings. The van der Waals surface area contributed by atoms with Crippen molar-refractivity contribution in [2.75, 3.05) is 42.5 Å². The molecule has 0 spiro atoms. The lowest BCUT2D eigenvalue weighted by Crippen LogP contribution is -2.45. The summed E-state index contributed by atoms with van der Waals surface area (Å²) in [6, 6.07) is 20.4. The van der Waals surface area contributed by atoms with E-state index in [4.69, 9.17) is 0 Å². The van der Waals surface area contributed by atoms with Gasteiger partial charge in [-0.05, 0) is 50.6 Å². The molecule has 25 heavy (non-hydrogen) atoms. The summed E-state index contributed by atoms with van der Waals surface area (Å²) in [5.41, 5.74) is 4.01. The Labute approximate surface area is 151 Å². The molecule has 0 aromatic heterocycles. The van der Waals surface area contributed by atoms with E-state index < -0.39 is 0 Å². The van der Waals surface area contributed by atoms with Crippen LogP contribution in [-0.2, 0) is 0 Å². The predicted molar refractivity (Wildman–Crippen MR) is 107 cm³/mol. The van der Waals surface area contributed by atoms with Crippen molar-refractivity contribution in [1.29, 1.82) is 0 Å². The average Bonchev–Trinajstić information content (AvgIpc) is 2.68. The van der Waals surface area contributed by atoms with Gasteiger partial charge >= 0.3 is 0 Å². The minimum absolute atomic E-state index is 0.745. The summed E-state index contributed by atoms with van der Waals surface area (Å²) < 4.78 is 0. The number of likely N-dealkylation sites (tertiary alicyclic amines) is 1. The minimum atomic E-state index is 0.745. The van der Waals surface area contributed by atoms with Crippen LogP contribution in [0.5, 0.6) is 0 Å². The van der Waals surface area contributed by atoms with Gasteiger partial charge in [0.25, 0.3) is 0 Å². The zero-order chi connectivity index (χ0) is 17.1. The summed E-state index contributed by atoms with van der Waals surface area (Å²) in [5.74, 6) is 0. The molecule has 0 bridgehead atoms. The third-order valence-corrected chi connectivity index (χ3v) is 5.77. The van der Waals surface area contributed by atoms with Gasteiger partial charge in [0.1, 0.15) is 0 Å². The quantitative estimate of drug-likeness (QED) is 0.813. The van der Waals surface area contributed by atoms with Crippen molar-refractivity contribution in [2.45, 2.75) is 32.2 Å². The molecule has 2 aromatic carbocycles. The van der Waals surface area contributed by atoms with Crippen LogP contribution in [0.1, 0.15) is 26.2 Å². The third kappa shape index (κ3) is 3.52. The first-order valence-corrected chi connectivity index (χ1v) is 9.73. The molecule has 4 rings (SSSR count). The lowest BCUT2D eigenvalue weighted by molar-refractivity contribution is 0.164. The Morgan fingerprint density at radius 2 is 1.56 bits per heavy atom. The first-order valence-electron chi connectivity index (χ1n) is 9.73. The predicted octanol–water partition coefficient (Wildman–Crippen LogP) is 4.52. The fourth-order valence-corrected chi connectivity index (χ4v) is 4.27. The highest BCUT2D eigenvalue weighted by molar-refractivity contribution is 5.79. The summed E-state index contributed by atoms with van der Waals surface area (Å²) in [6.07, 6.45) is 4.12. The summed E-state index contributed by atoms with van der Waals surface area (Å²) in [4.78, 5) is 7.71. The van der Waals surface area contributed by atoms with Crippen molar-refractivity contribution in [3.05, 3.63) is 54.6 Å². The number of fused-ring (bicyclic) bond motifs is 1. The maximum absolute atomic E-state index is 2.68. The molecule has 2 aromatic rings. The molecule has 1 atom stereocenters. The molecule has 1 saturated heterocycles. The van der Waals surface area contributed by atoms with Crippen LogP contribution in [0.25, 0.3) is 0 Å². The molecular formula is C22H29N3. The summed E-state index contributed by atoms with van der Waals surface area (Å²) >= 11 is 0. The Bertz CT molecular complexity index is 685. The van der Waals surface area contributed by atoms with Crippen molar-refractivity contribution in [3.63, 3.8) is 0 Å². The van der Waals surface area contributed by atoms with E-state index in [1.54, 1.807) is 0 Å². The van der Waals surface area contributed by atoms with Gasteiger partial charge in [0, 0.05) is 37.9 Å². The van der Waals surface area contributed by atoms with Gasteiger partial charge in [-0.2, -0.15) is 0 Å². The van der Waals surface area contributed by atoms with Gasteiger partial charge in [0.2, 0.25) is 0 Å². The van der Waals surface area contributed by atoms with Crippen LogP contribution in [0.3, 0.4) is 0 Å². The van der Waals surface area contributed by atoms with Crippen LogP contribution in [0.4, 0.5) is 17.1 Å². The summed E-state index contributed by atoms with van der Waals surface area (Å²) in [6.45, 7) is 8.11. The van der Waals surface area contributed by atoms with E-state index in [9.17, 15) is 0 Å². The van der Waals surface area contributed by atoms with Gasteiger partial charge < -0.3 is 9.80 Å². The van der Waals surface area contributed by atoms with Crippen LogP contribution < -0.4 is 9.80 Å². The molecule has 0 amide bonds. The highest BCUT2D eigenvalue weighted by atomic mass is 15.3. The van der Waals surface area contributed by atoms with Crippen LogP contribution in [0, 0.1) is 0 Å². The van der Waals surface area contributed by atoms with Gasteiger partial charge in [-0.3, -0.25) is 4.90 Å². The molecule has 1 fully saturated rings. The topological polar surface area (TPSA) is 9.72 Å². The van der Waals surface area contributed by atoms with Gasteiger partial charge in [0.05, 0.1) is 11.4 Å². The van der Waals surface area contributed by atoms with E-state index in [-0.39, 0.29) is 0 Å². The number of anilines is 3. The molecule has 2 heterocycles. The van der Waals surface area contributed by atoms with Gasteiger partial charge in [-0.1, -0.05) is 36.8 Å². The van der Waals surface area contributed by atoms with E-state index in [2.05, 4.69) is 76.2 Å². The maximum atomic E-state index is 2.68. The number of hydrogen-bond donors (Lipinski definition) is 0. The van der Waals surface area contributed by atoms with Crippen molar-refractivity contribution >= 4 is 17.1 Å². The van der Waals surface area contributed by atoms with Crippen LogP contribution in [-0.4, -0.2) is 43.7 Å². The zero-order valence-corrected chi connectivity index (χ0v) is 15.3. The second kappa shape index (κ2) is 7.49. The van der Waals surface area contributed by atoms with Gasteiger partial charge in [0.15, 0.2) is 0 Å². The molecule has 2 aliphatic heterocycles. The number of para-hydroxylation sites is 3. The molecule has 132 valence electrons. The number of piperidine rings is 1. The van der Waals surface area contributed by atoms with Crippen LogP contribution in [0.2, 0.25) is 0 Å². The highest BCUT2D eigenvalue weighted by Crippen LogP contribution is 2.37. The monoisotopic (exact) mass is 335 g/mol. The van der Waals surface area contributed by atoms with Crippen molar-refractivity contribution in [3.8, 4) is 0 Å². The summed E-state index contributed by atoms with van der Waals surface area (Å²) in [7, 11) is 0. The Balaban J connectivity index is 1.51. The lowest BCUT2D eigenvalue weighted by atomic mass is 10.0. The molecule has 0 saturated carbocycles. The second-order valence-electron chi connectivity index (χ2n) is 7.34. The van der Waals surface area contributed by atoms with Gasteiger partial charge in [-0.25, -0.2) is 0 Å². The first kappa shape index (κ1) is 16.5. The number of benzene rings is 2. The summed E-state index contributed by atoms with van der Waals surface area (Å²) in [5, 5.41) is 0. The zero-order valence-electron chi connectivity index (χ0n) is 15.3. The Morgan fingerprint density at radius 1 is 0.800 bits per heavy atom. The van der Waals surface area contributed by atoms with Crippen LogP contribution in [0.15, 0.2) is 54.6 Å². The van der Waals surface area contributed by atoms with E-state index in [0.717, 1.165) is 25.7 Å². The van der Waals surface area contributed by atoms with Crippen molar-refractivity contribution in [1.82, 2.24) is 4.90 Å². The second-order valence-corrected chi connectivity index (χ2v) is 7.34. The molecule has 0 N–H and O–H groups in total. The molecule has 0 aliphatic carbocycles. The standard InChI is InChI=1S/C22H29N3/c1-19-9-7-8-14-23(19)15-16-24-17-18-25(20-10-3-2-4-11-20)22-13-6-5-12-21(22)24/h2-6,10-13,19H,7-9,14-18H2,1H3/t19-/m0/s1. The van der Waals surface area contributed by atoms with E-state index in [1.807, 2.05) is 0 Å². The smallest absolute Gasteiger partial charge is 0.0649 e. The Morgan fingerprint density at radius 3 is 2.36 bits per heavy atom. The van der Waals surface area contributed by atoms with Crippen LogP contribution >= 0.6 is 0 Å². The van der Waals surface area contributed by atoms with Gasteiger partial charge in [-0.15, -0.1) is 0 Å².